The summed E-state index contributed by atoms with van der Waals surface area (Å²) in [5.41, 5.74) is 1.45. The number of piperidine rings is 1. The Hall–Kier alpha value is -1.79. The summed E-state index contributed by atoms with van der Waals surface area (Å²) in [7, 11) is 1.42. The van der Waals surface area contributed by atoms with Gasteiger partial charge in [0.05, 0.1) is 7.11 Å². The summed E-state index contributed by atoms with van der Waals surface area (Å²) in [4.78, 5) is 30.6. The molecular formula is C18H22N2O3S. The molecule has 0 radical (unpaired) electrons. The van der Waals surface area contributed by atoms with Crippen molar-refractivity contribution in [3.63, 3.8) is 0 Å². The number of esters is 1. The molecule has 0 spiro atoms. The van der Waals surface area contributed by atoms with Gasteiger partial charge in [-0.05, 0) is 49.2 Å². The van der Waals surface area contributed by atoms with Gasteiger partial charge in [-0.1, -0.05) is 12.5 Å². The quantitative estimate of drug-likeness (QED) is 0.681. The van der Waals surface area contributed by atoms with Gasteiger partial charge in [0.15, 0.2) is 0 Å². The normalized spacial score (nSPS) is 18.7. The number of likely N-dealkylation sites (tertiary alicyclic amines) is 1. The molecule has 2 aromatic rings. The second kappa shape index (κ2) is 7.40. The summed E-state index contributed by atoms with van der Waals surface area (Å²) in [6, 6.07) is 7.74. The van der Waals surface area contributed by atoms with E-state index in [1.54, 1.807) is 11.8 Å². The molecule has 3 rings (SSSR count). The van der Waals surface area contributed by atoms with E-state index in [2.05, 4.69) is 9.88 Å². The van der Waals surface area contributed by atoms with Crippen LogP contribution in [-0.4, -0.2) is 41.8 Å². The highest BCUT2D eigenvalue weighted by molar-refractivity contribution is 7.98. The van der Waals surface area contributed by atoms with Gasteiger partial charge in [0.2, 0.25) is 0 Å². The Morgan fingerprint density at radius 2 is 2.21 bits per heavy atom. The highest BCUT2D eigenvalue weighted by Gasteiger charge is 2.29. The lowest BCUT2D eigenvalue weighted by Gasteiger charge is -2.33. The minimum atomic E-state index is -0.252. The summed E-state index contributed by atoms with van der Waals surface area (Å²) >= 11 is 1.65. The Balaban J connectivity index is 1.89. The molecule has 0 unspecified atom stereocenters. The number of hydrogen-bond acceptors (Lipinski definition) is 5. The Bertz CT molecular complexity index is 802. The predicted molar refractivity (Wildman–Crippen MR) is 96.4 cm³/mol. The van der Waals surface area contributed by atoms with Gasteiger partial charge < -0.3 is 9.72 Å². The van der Waals surface area contributed by atoms with E-state index in [0.29, 0.717) is 12.1 Å². The molecule has 128 valence electrons. The zero-order valence-corrected chi connectivity index (χ0v) is 14.8. The van der Waals surface area contributed by atoms with Crippen molar-refractivity contribution < 1.29 is 9.53 Å². The molecule has 24 heavy (non-hydrogen) atoms. The first-order valence-electron chi connectivity index (χ1n) is 8.14. The fourth-order valence-corrected chi connectivity index (χ4v) is 3.71. The molecule has 0 saturated carbocycles. The van der Waals surface area contributed by atoms with Crippen molar-refractivity contribution in [1.29, 1.82) is 0 Å². The lowest BCUT2D eigenvalue weighted by Crippen LogP contribution is -2.45. The number of hydrogen-bond donors (Lipinski definition) is 1. The number of nitrogens with one attached hydrogen (secondary N) is 1. The largest absolute Gasteiger partial charge is 0.468 e. The van der Waals surface area contributed by atoms with E-state index >= 15 is 0 Å². The molecule has 1 aliphatic heterocycles. The third kappa shape index (κ3) is 3.49. The van der Waals surface area contributed by atoms with Crippen molar-refractivity contribution in [2.45, 2.75) is 36.7 Å². The van der Waals surface area contributed by atoms with Crippen LogP contribution in [0.2, 0.25) is 0 Å². The van der Waals surface area contributed by atoms with E-state index in [-0.39, 0.29) is 17.6 Å². The van der Waals surface area contributed by atoms with Crippen LogP contribution in [0.3, 0.4) is 0 Å². The van der Waals surface area contributed by atoms with Crippen LogP contribution in [0, 0.1) is 0 Å². The van der Waals surface area contributed by atoms with E-state index in [0.717, 1.165) is 41.6 Å². The van der Waals surface area contributed by atoms with Gasteiger partial charge >= 0.3 is 5.97 Å². The number of H-pyrrole nitrogens is 1. The van der Waals surface area contributed by atoms with Crippen LogP contribution >= 0.6 is 11.8 Å². The van der Waals surface area contributed by atoms with Gasteiger partial charge in [-0.3, -0.25) is 14.5 Å². The summed E-state index contributed by atoms with van der Waals surface area (Å²) in [5.74, 6) is -0.212. The number of pyridine rings is 1. The Labute approximate surface area is 145 Å². The number of rotatable bonds is 4. The van der Waals surface area contributed by atoms with Gasteiger partial charge in [-0.15, -0.1) is 11.8 Å². The maximum Gasteiger partial charge on any atom is 0.323 e. The fourth-order valence-electron chi connectivity index (χ4n) is 3.27. The zero-order valence-electron chi connectivity index (χ0n) is 14.0. The van der Waals surface area contributed by atoms with Crippen LogP contribution in [0.4, 0.5) is 0 Å². The Kier molecular flexibility index (Phi) is 5.26. The van der Waals surface area contributed by atoms with Crippen molar-refractivity contribution in [3.05, 3.63) is 40.2 Å². The number of aromatic nitrogens is 1. The van der Waals surface area contributed by atoms with E-state index < -0.39 is 0 Å². The van der Waals surface area contributed by atoms with Gasteiger partial charge in [0, 0.05) is 22.5 Å². The topological polar surface area (TPSA) is 62.4 Å². The minimum Gasteiger partial charge on any atom is -0.468 e. The van der Waals surface area contributed by atoms with Crippen molar-refractivity contribution >= 4 is 28.6 Å². The number of thioether (sulfide) groups is 1. The molecule has 1 aromatic heterocycles. The molecule has 5 nitrogen and oxygen atoms in total. The summed E-state index contributed by atoms with van der Waals surface area (Å²) < 4.78 is 4.91. The highest BCUT2D eigenvalue weighted by Crippen LogP contribution is 2.23. The molecule has 1 saturated heterocycles. The van der Waals surface area contributed by atoms with Crippen LogP contribution in [0.25, 0.3) is 10.9 Å². The molecule has 0 bridgehead atoms. The lowest BCUT2D eigenvalue weighted by molar-refractivity contribution is -0.148. The number of aromatic amines is 1. The third-order valence-corrected chi connectivity index (χ3v) is 5.32. The standard InChI is InChI=1S/C18H22N2O3S/c1-23-18(22)16-5-3-4-8-20(16)11-13-9-12-6-7-14(24-2)10-15(12)19-17(13)21/h6-7,9-10,16H,3-5,8,11H2,1-2H3,(H,19,21)/t16-/m0/s1. The summed E-state index contributed by atoms with van der Waals surface area (Å²) in [6.45, 7) is 1.28. The van der Waals surface area contributed by atoms with Gasteiger partial charge in [-0.2, -0.15) is 0 Å². The van der Waals surface area contributed by atoms with Crippen LogP contribution < -0.4 is 5.56 Å². The molecule has 1 N–H and O–H groups in total. The smallest absolute Gasteiger partial charge is 0.323 e. The van der Waals surface area contributed by atoms with Gasteiger partial charge in [-0.25, -0.2) is 0 Å². The van der Waals surface area contributed by atoms with Crippen LogP contribution in [0.5, 0.6) is 0 Å². The number of carbonyl (C=O) groups excluding carboxylic acids is 1. The first kappa shape index (κ1) is 17.0. The number of ether oxygens (including phenoxy) is 1. The van der Waals surface area contributed by atoms with Gasteiger partial charge in [0.25, 0.3) is 5.56 Å². The average molecular weight is 346 g/mol. The number of benzene rings is 1. The second-order valence-electron chi connectivity index (χ2n) is 6.08. The van der Waals surface area contributed by atoms with Crippen molar-refractivity contribution in [2.75, 3.05) is 19.9 Å². The van der Waals surface area contributed by atoms with E-state index in [4.69, 9.17) is 4.74 Å². The first-order valence-corrected chi connectivity index (χ1v) is 9.36. The van der Waals surface area contributed by atoms with Crippen LogP contribution in [0.1, 0.15) is 24.8 Å². The molecule has 0 aliphatic carbocycles. The number of fused-ring (bicyclic) bond motifs is 1. The second-order valence-corrected chi connectivity index (χ2v) is 6.96. The fraction of sp³-hybridized carbons (Fsp3) is 0.444. The maximum atomic E-state index is 12.4. The molecule has 1 fully saturated rings. The first-order chi connectivity index (χ1) is 11.6. The van der Waals surface area contributed by atoms with Crippen LogP contribution in [-0.2, 0) is 16.1 Å². The zero-order chi connectivity index (χ0) is 17.1. The predicted octanol–water partition coefficient (Wildman–Crippen LogP) is 2.78. The van der Waals surface area contributed by atoms with Crippen molar-refractivity contribution in [3.8, 4) is 0 Å². The molecule has 2 heterocycles. The van der Waals surface area contributed by atoms with E-state index in [1.807, 2.05) is 30.5 Å². The Morgan fingerprint density at radius 1 is 1.38 bits per heavy atom. The molecule has 1 aliphatic rings. The Morgan fingerprint density at radius 3 is 2.96 bits per heavy atom. The highest BCUT2D eigenvalue weighted by atomic mass is 32.2. The number of methoxy groups -OCH3 is 1. The monoisotopic (exact) mass is 346 g/mol. The lowest BCUT2D eigenvalue weighted by atomic mass is 10.0. The summed E-state index contributed by atoms with van der Waals surface area (Å²) in [6.07, 6.45) is 4.85. The van der Waals surface area contributed by atoms with Gasteiger partial charge in [0.1, 0.15) is 6.04 Å². The third-order valence-electron chi connectivity index (χ3n) is 4.59. The van der Waals surface area contributed by atoms with E-state index in [1.165, 1.54) is 7.11 Å². The van der Waals surface area contributed by atoms with Crippen LogP contribution in [0.15, 0.2) is 34.0 Å². The molecule has 0 amide bonds. The van der Waals surface area contributed by atoms with Crippen molar-refractivity contribution in [2.24, 2.45) is 0 Å². The minimum absolute atomic E-state index is 0.0880. The average Bonchev–Trinajstić information content (AvgIpc) is 2.61. The molecule has 1 atom stereocenters. The van der Waals surface area contributed by atoms with E-state index in [9.17, 15) is 9.59 Å². The SMILES string of the molecule is COC(=O)[C@@H]1CCCCN1Cc1cc2ccc(SC)cc2[nH]c1=O. The molecular weight excluding hydrogens is 324 g/mol. The maximum absolute atomic E-state index is 12.4. The number of carbonyl (C=O) groups is 1. The summed E-state index contributed by atoms with van der Waals surface area (Å²) in [5, 5.41) is 1.01. The number of nitrogens with zero attached hydrogens (tertiary/aromatic N) is 1. The molecule has 1 aromatic carbocycles. The molecule has 6 heteroatoms. The van der Waals surface area contributed by atoms with Crippen molar-refractivity contribution in [1.82, 2.24) is 9.88 Å².